The van der Waals surface area contributed by atoms with Crippen molar-refractivity contribution >= 4 is 81.1 Å². The SMILES string of the molecule is CO[C@H]1C[C@@H]2CC[C@@H](C)[C@@](O)(O2)C(=O)C(=O)N2CCCC[C@H]2C(=O)O[C@H]([C@H](N)C[C@@H]2CC[C@@H](OC(=O)N3CCN(c4ncc(C(=O)NCCOCCOCCOCCOCCOCCC(=O)N5CCc6cc(Cn7nc(-c8cnc9[nH]cnc9c8)c8c(N)ncnc87)ccc6C5)cn4)CC3)[C@H](OC)C2)CC(=O)[C@H](C)/C=C(\C)[C@@H](O)[C@@H](O)C(=O)[C@H](C)C[C@H](C)/C=C/C=C/C=C/1C. The Morgan fingerprint density at radius 3 is 2.17 bits per heavy atom. The van der Waals surface area contributed by atoms with Crippen LogP contribution in [0.25, 0.3) is 33.5 Å². The zero-order chi connectivity index (χ0) is 92.5. The number of hydrogen-bond donors (Lipinski definition) is 7. The Morgan fingerprint density at radius 1 is 0.723 bits per heavy atom. The van der Waals surface area contributed by atoms with E-state index in [0.717, 1.165) is 33.6 Å². The molecule has 0 radical (unpaired) electrons. The van der Waals surface area contributed by atoms with Crippen LogP contribution in [0.2, 0.25) is 0 Å². The lowest BCUT2D eigenvalue weighted by atomic mass is 9.80. The number of nitrogens with zero attached hydrogens (tertiary/aromatic N) is 12. The van der Waals surface area contributed by atoms with Gasteiger partial charge in [-0.05, 0) is 130 Å². The standard InChI is InChI=1S/C93H128N16O21/c1-57-14-10-9-11-15-58(2)75(121-7)48-69-21-17-62(6)93(120,130-69)84(115)89(117)108-26-13-12-16-72(108)90(118)128-76(49-73(110)59(3)43-61(5)82(113)83(114)81(112)60(4)42-57)70(94)45-63-19-22-74(77(46-63)122-8)129-92(119)106-30-28-105(29-31-106)91-98-51-68(52-99-91)88(116)96-25-33-124-35-37-126-39-41-127-40-38-125-36-34-123-32-24-78(111)107-27-23-65-44-64(18-20-66(65)54-107)53-109-87-79(85(95)101-56-103-87)80(104-109)67-47-71-86(97-50-67)102-55-100-71/h9-11,14-15,18,20,43-44,47,50-52,55-57,59-60,62-63,69-70,72,74-77,82-83,113-114,120H,12-13,16-17,19,21-42,45-46,48-49,53-54,94H2,1-8H3,(H,96,116)(H2,95,101,103)(H,97,100,102)/b11-9+,14-10+,58-15+,61-43+/t57-,59-,60-,62-,63+,69+,70-,72+,74-,75+,76+,77-,82-,83+,93-/m1/s1. The predicted molar refractivity (Wildman–Crippen MR) is 478 cm³/mol. The third-order valence-electron chi connectivity index (χ3n) is 25.5. The summed E-state index contributed by atoms with van der Waals surface area (Å²) in [5.41, 5.74) is 21.4. The van der Waals surface area contributed by atoms with Gasteiger partial charge in [0.25, 0.3) is 17.6 Å². The molecule has 5 aromatic heterocycles. The van der Waals surface area contributed by atoms with Crippen molar-refractivity contribution in [1.29, 1.82) is 0 Å². The van der Waals surface area contributed by atoms with Gasteiger partial charge in [-0.1, -0.05) is 82.4 Å². The lowest BCUT2D eigenvalue weighted by Gasteiger charge is -2.42. The van der Waals surface area contributed by atoms with Crippen LogP contribution in [0.4, 0.5) is 16.6 Å². The number of piperazine rings is 1. The second-order valence-electron chi connectivity index (χ2n) is 34.9. The van der Waals surface area contributed by atoms with Crippen molar-refractivity contribution in [1.82, 2.24) is 64.7 Å². The maximum Gasteiger partial charge on any atom is 0.410 e. The first kappa shape index (κ1) is 98.7. The summed E-state index contributed by atoms with van der Waals surface area (Å²) in [5.74, 6) is -9.01. The highest BCUT2D eigenvalue weighted by atomic mass is 16.6. The molecule has 1 saturated carbocycles. The van der Waals surface area contributed by atoms with Gasteiger partial charge in [-0.3, -0.25) is 28.8 Å². The number of nitrogens with two attached hydrogens (primary N) is 2. The molecule has 37 heteroatoms. The smallest absolute Gasteiger partial charge is 0.410 e. The fourth-order valence-corrected chi connectivity index (χ4v) is 17.7. The first-order valence-corrected chi connectivity index (χ1v) is 45.4. The van der Waals surface area contributed by atoms with E-state index in [1.165, 1.54) is 44.4 Å². The number of nitrogens with one attached hydrogen (secondary N) is 2. The molecule has 4 fully saturated rings. The number of hydrogen-bond acceptors (Lipinski definition) is 31. The highest BCUT2D eigenvalue weighted by molar-refractivity contribution is 6.39. The Bertz CT molecular complexity index is 4960. The summed E-state index contributed by atoms with van der Waals surface area (Å²) in [6.07, 6.45) is 15.4. The van der Waals surface area contributed by atoms with Crippen LogP contribution in [-0.4, -0.2) is 309 Å². The summed E-state index contributed by atoms with van der Waals surface area (Å²) in [6, 6.07) is 5.94. The number of ether oxygens (including phenoxy) is 10. The predicted octanol–water partition coefficient (Wildman–Crippen LogP) is 6.47. The third-order valence-corrected chi connectivity index (χ3v) is 25.5. The summed E-state index contributed by atoms with van der Waals surface area (Å²) in [5, 5.41) is 43.1. The van der Waals surface area contributed by atoms with Crippen molar-refractivity contribution in [2.45, 2.75) is 205 Å². The van der Waals surface area contributed by atoms with E-state index in [-0.39, 0.29) is 86.8 Å². The number of ketones is 3. The molecule has 3 saturated heterocycles. The number of fused-ring (bicyclic) bond motifs is 6. The Labute approximate surface area is 757 Å². The van der Waals surface area contributed by atoms with Crippen LogP contribution in [0.5, 0.6) is 0 Å². The van der Waals surface area contributed by atoms with Gasteiger partial charge in [0, 0.05) is 127 Å². The first-order valence-electron chi connectivity index (χ1n) is 45.4. The number of aliphatic hydroxyl groups excluding tert-OH is 2. The highest BCUT2D eigenvalue weighted by Crippen LogP contribution is 2.39. The minimum Gasteiger partial charge on any atom is -0.459 e. The van der Waals surface area contributed by atoms with Crippen molar-refractivity contribution < 1.29 is 101 Å². The molecule has 0 unspecified atom stereocenters. The zero-order valence-corrected chi connectivity index (χ0v) is 75.8. The zero-order valence-electron chi connectivity index (χ0n) is 75.8. The van der Waals surface area contributed by atoms with E-state index in [9.17, 15) is 53.7 Å². The Hall–Kier alpha value is -10.3. The molecule has 0 spiro atoms. The van der Waals surface area contributed by atoms with Crippen LogP contribution >= 0.6 is 0 Å². The number of cyclic esters (lactones) is 1. The molecule has 10 heterocycles. The minimum atomic E-state index is -2.52. The van der Waals surface area contributed by atoms with Crippen LogP contribution in [-0.2, 0) is 95.6 Å². The van der Waals surface area contributed by atoms with Gasteiger partial charge in [-0.2, -0.15) is 5.10 Å². The van der Waals surface area contributed by atoms with Crippen LogP contribution < -0.4 is 21.7 Å². The molecule has 1 aliphatic carbocycles. The van der Waals surface area contributed by atoms with Gasteiger partial charge < -0.3 is 104 Å². The van der Waals surface area contributed by atoms with E-state index in [4.69, 9.17) is 63.9 Å². The molecule has 37 nitrogen and oxygen atoms in total. The lowest BCUT2D eigenvalue weighted by molar-refractivity contribution is -0.265. The number of carbonyl (C=O) groups is 8. The molecule has 706 valence electrons. The number of methoxy groups -OCH3 is 2. The summed E-state index contributed by atoms with van der Waals surface area (Å²) in [7, 11) is 3.07. The average Bonchev–Trinajstić information content (AvgIpc) is 1.59. The number of rotatable bonds is 29. The summed E-state index contributed by atoms with van der Waals surface area (Å²) in [6.45, 7) is 16.8. The number of anilines is 2. The Balaban J connectivity index is 0.517. The number of allylic oxidation sites excluding steroid dienone is 6. The van der Waals surface area contributed by atoms with Gasteiger partial charge in [0.1, 0.15) is 59.6 Å². The molecule has 1 aromatic carbocycles. The van der Waals surface area contributed by atoms with Crippen molar-refractivity contribution in [2.24, 2.45) is 35.3 Å². The minimum absolute atomic E-state index is 0.00920. The number of amides is 4. The van der Waals surface area contributed by atoms with Gasteiger partial charge in [-0.25, -0.2) is 44.2 Å². The Kier molecular flexibility index (Phi) is 36.2. The molecule has 9 N–H and O–H groups in total. The molecule has 12 rings (SSSR count). The number of imidazole rings is 1. The number of carbonyl (C=O) groups excluding carboxylic acids is 8. The molecular weight excluding hydrogens is 1680 g/mol. The molecule has 5 aliphatic heterocycles. The second-order valence-corrected chi connectivity index (χ2v) is 34.9. The topological polar surface area (TPSA) is 478 Å². The number of nitrogen functional groups attached to an aromatic ring is 1. The number of aromatic amines is 1. The van der Waals surface area contributed by atoms with E-state index in [1.807, 2.05) is 64.8 Å². The van der Waals surface area contributed by atoms with Gasteiger partial charge in [0.2, 0.25) is 17.6 Å². The normalized spacial score (nSPS) is 27.3. The van der Waals surface area contributed by atoms with Gasteiger partial charge in [0.15, 0.2) is 17.1 Å². The van der Waals surface area contributed by atoms with Crippen LogP contribution in [0.3, 0.4) is 0 Å². The number of Topliss-reactive ketones (excluding diaryl/α,β-unsaturated/α-hetero) is 3. The van der Waals surface area contributed by atoms with Crippen molar-refractivity contribution in [3.8, 4) is 11.3 Å². The lowest BCUT2D eigenvalue weighted by Crippen LogP contribution is -2.61. The molecule has 6 aliphatic rings. The van der Waals surface area contributed by atoms with E-state index in [0.29, 0.717) is 190 Å². The Morgan fingerprint density at radius 2 is 1.45 bits per heavy atom. The van der Waals surface area contributed by atoms with Crippen LogP contribution in [0, 0.1) is 29.6 Å². The maximum absolute atomic E-state index is 14.7. The molecule has 15 atom stereocenters. The summed E-state index contributed by atoms with van der Waals surface area (Å²) >= 11 is 0. The number of esters is 1. The van der Waals surface area contributed by atoms with E-state index in [1.54, 1.807) is 45.3 Å². The number of aliphatic hydroxyl groups is 3. The van der Waals surface area contributed by atoms with Gasteiger partial charge in [0.05, 0.1) is 115 Å². The molecule has 6 aromatic rings. The fourth-order valence-electron chi connectivity index (χ4n) is 17.7. The monoisotopic (exact) mass is 1800 g/mol. The second kappa shape index (κ2) is 47.7. The van der Waals surface area contributed by atoms with Gasteiger partial charge in [-0.15, -0.1) is 0 Å². The van der Waals surface area contributed by atoms with E-state index >= 15 is 0 Å². The summed E-state index contributed by atoms with van der Waals surface area (Å²) < 4.78 is 60.5. The van der Waals surface area contributed by atoms with E-state index in [2.05, 4.69) is 58.4 Å². The van der Waals surface area contributed by atoms with E-state index < -0.39 is 120 Å². The first-order chi connectivity index (χ1) is 62.7. The number of benzene rings is 1. The quantitative estimate of drug-likeness (QED) is 0.0114. The molecule has 130 heavy (non-hydrogen) atoms. The summed E-state index contributed by atoms with van der Waals surface area (Å²) in [4.78, 5) is 148. The highest BCUT2D eigenvalue weighted by Gasteiger charge is 2.53. The largest absolute Gasteiger partial charge is 0.459 e. The average molecular weight is 1810 g/mol. The number of pyridine rings is 1. The van der Waals surface area contributed by atoms with Gasteiger partial charge >= 0.3 is 12.1 Å². The van der Waals surface area contributed by atoms with Crippen LogP contribution in [0.1, 0.15) is 152 Å². The van der Waals surface area contributed by atoms with Crippen molar-refractivity contribution in [3.05, 3.63) is 125 Å². The number of H-pyrrole nitrogens is 1. The molecular formula is C93H128N16O21. The number of aromatic nitrogens is 9. The van der Waals surface area contributed by atoms with Crippen LogP contribution in [0.15, 0.2) is 103 Å². The maximum atomic E-state index is 14.7. The third kappa shape index (κ3) is 26.1. The molecule has 4 amide bonds. The van der Waals surface area contributed by atoms with Crippen molar-refractivity contribution in [3.63, 3.8) is 0 Å². The number of piperidine rings is 1. The molecule has 2 bridgehead atoms. The fraction of sp³-hybridized carbons (Fsp3) is 0.602. The van der Waals surface area contributed by atoms with Crippen molar-refractivity contribution in [2.75, 3.05) is 137 Å².